The predicted octanol–water partition coefficient (Wildman–Crippen LogP) is 5.73. The third-order valence-corrected chi connectivity index (χ3v) is 4.82. The number of rotatable bonds is 7. The molecule has 6 nitrogen and oxygen atoms in total. The fourth-order valence-electron chi connectivity index (χ4n) is 3.54. The molecule has 1 aliphatic rings. The van der Waals surface area contributed by atoms with Gasteiger partial charge in [-0.2, -0.15) is 4.98 Å². The van der Waals surface area contributed by atoms with E-state index in [1.165, 1.54) is 0 Å². The van der Waals surface area contributed by atoms with Crippen molar-refractivity contribution in [2.75, 3.05) is 6.50 Å². The van der Waals surface area contributed by atoms with E-state index in [0.29, 0.717) is 40.4 Å². The first-order chi connectivity index (χ1) is 16.3. The van der Waals surface area contributed by atoms with Gasteiger partial charge in [-0.1, -0.05) is 30.3 Å². The highest BCUT2D eigenvalue weighted by Crippen LogP contribution is 2.38. The summed E-state index contributed by atoms with van der Waals surface area (Å²) in [6, 6.07) is 8.89. The minimum absolute atomic E-state index is 0.0681. The second kappa shape index (κ2) is 8.68. The molecule has 0 saturated heterocycles. The summed E-state index contributed by atoms with van der Waals surface area (Å²) in [6.07, 6.45) is -1.51. The van der Waals surface area contributed by atoms with Crippen molar-refractivity contribution in [2.24, 2.45) is 0 Å². The Labute approximate surface area is 184 Å². The van der Waals surface area contributed by atoms with Gasteiger partial charge in [-0.05, 0) is 68.9 Å². The zero-order chi connectivity index (χ0) is 25.6. The number of hydrogen-bond acceptors (Lipinski definition) is 5. The summed E-state index contributed by atoms with van der Waals surface area (Å²) in [5.41, 5.74) is 2.93. The molecule has 154 valence electrons. The van der Waals surface area contributed by atoms with E-state index >= 15 is 0 Å². The largest absolute Gasteiger partial charge is 0.502 e. The van der Waals surface area contributed by atoms with E-state index in [9.17, 15) is 0 Å². The van der Waals surface area contributed by atoms with E-state index in [1.807, 2.05) is 19.9 Å². The first-order valence-electron chi connectivity index (χ1n) is 12.3. The predicted molar refractivity (Wildman–Crippen MR) is 117 cm³/mol. The lowest BCUT2D eigenvalue weighted by molar-refractivity contribution is 0.244. The van der Waals surface area contributed by atoms with Gasteiger partial charge in [0, 0.05) is 22.6 Å². The molecule has 1 heterocycles. The standard InChI is InChI=1S/C24H26N4O2/c1-5-13-26-20-11-10-17-18(20)7-6-8-19(17)23-27-24(30-28-23)16-9-12-22(29-15(2)3)21(14-16)25-4/h6-9,12,14-15,20,26H,5,10-11,13H2,1-3H3/t20-/m0/s1/i5D2,13D2,20D. The Morgan fingerprint density at radius 2 is 2.27 bits per heavy atom. The van der Waals surface area contributed by atoms with Gasteiger partial charge in [-0.15, -0.1) is 0 Å². The lowest BCUT2D eigenvalue weighted by Crippen LogP contribution is -2.19. The number of ether oxygens (including phenoxy) is 1. The van der Waals surface area contributed by atoms with Crippen molar-refractivity contribution in [3.63, 3.8) is 0 Å². The minimum Gasteiger partial charge on any atom is -0.502 e. The van der Waals surface area contributed by atoms with E-state index in [0.717, 1.165) is 12.5 Å². The highest BCUT2D eigenvalue weighted by Gasteiger charge is 2.26. The van der Waals surface area contributed by atoms with E-state index in [2.05, 4.69) is 20.3 Å². The zero-order valence-corrected chi connectivity index (χ0v) is 17.1. The summed E-state index contributed by atoms with van der Waals surface area (Å²) in [4.78, 5) is 8.05. The number of benzene rings is 2. The number of aromatic nitrogens is 2. The summed E-state index contributed by atoms with van der Waals surface area (Å²) in [7, 11) is 0. The SMILES string of the molecule is [2H]C([2H])(C)C([2H])([2H])N[C@@]1([2H])CCc2c(-c3noc(-c4ccc(OC(C)C)c([N+]#[C-])c4)n3)cccc21. The highest BCUT2D eigenvalue weighted by atomic mass is 16.5. The van der Waals surface area contributed by atoms with Crippen molar-refractivity contribution in [2.45, 2.75) is 52.1 Å². The van der Waals surface area contributed by atoms with Crippen molar-refractivity contribution < 1.29 is 16.1 Å². The van der Waals surface area contributed by atoms with Crippen LogP contribution in [-0.2, 0) is 6.42 Å². The Morgan fingerprint density at radius 1 is 1.40 bits per heavy atom. The number of fused-ring (bicyclic) bond motifs is 1. The minimum atomic E-state index is -2.41. The van der Waals surface area contributed by atoms with Crippen LogP contribution >= 0.6 is 0 Å². The highest BCUT2D eigenvalue weighted by molar-refractivity contribution is 5.70. The molecule has 6 heteroatoms. The monoisotopic (exact) mass is 407 g/mol. The first kappa shape index (κ1) is 14.8. The molecule has 4 rings (SSSR count). The average molecular weight is 408 g/mol. The van der Waals surface area contributed by atoms with Crippen LogP contribution in [0.5, 0.6) is 5.75 Å². The summed E-state index contributed by atoms with van der Waals surface area (Å²) in [5.74, 6) is 1.04. The van der Waals surface area contributed by atoms with Gasteiger partial charge >= 0.3 is 0 Å². The van der Waals surface area contributed by atoms with E-state index in [-0.39, 0.29) is 18.4 Å². The average Bonchev–Trinajstić information content (AvgIpc) is 3.38. The fraction of sp³-hybridized carbons (Fsp3) is 0.375. The van der Waals surface area contributed by atoms with Crippen LogP contribution in [-0.4, -0.2) is 22.7 Å². The van der Waals surface area contributed by atoms with Gasteiger partial charge in [0.05, 0.1) is 14.0 Å². The van der Waals surface area contributed by atoms with Crippen LogP contribution in [0.25, 0.3) is 27.7 Å². The van der Waals surface area contributed by atoms with Crippen molar-refractivity contribution in [1.29, 1.82) is 0 Å². The Morgan fingerprint density at radius 3 is 3.03 bits per heavy atom. The molecule has 0 aliphatic heterocycles. The van der Waals surface area contributed by atoms with Crippen molar-refractivity contribution in [1.82, 2.24) is 15.5 Å². The lowest BCUT2D eigenvalue weighted by atomic mass is 10.0. The smallest absolute Gasteiger partial charge is 0.256 e. The van der Waals surface area contributed by atoms with Gasteiger partial charge < -0.3 is 14.6 Å². The molecule has 0 spiro atoms. The van der Waals surface area contributed by atoms with Gasteiger partial charge in [0.2, 0.25) is 11.5 Å². The Balaban J connectivity index is 1.67. The van der Waals surface area contributed by atoms with Gasteiger partial charge in [-0.3, -0.25) is 0 Å². The summed E-state index contributed by atoms with van der Waals surface area (Å²) in [6.45, 7) is 9.97. The number of nitrogens with zero attached hydrogens (tertiary/aromatic N) is 3. The van der Waals surface area contributed by atoms with Crippen LogP contribution in [0.15, 0.2) is 40.9 Å². The number of nitrogens with one attached hydrogen (secondary N) is 1. The maximum Gasteiger partial charge on any atom is 0.256 e. The summed E-state index contributed by atoms with van der Waals surface area (Å²) >= 11 is 0. The van der Waals surface area contributed by atoms with Gasteiger partial charge in [0.1, 0.15) is 5.75 Å². The molecule has 0 radical (unpaired) electrons. The molecule has 0 bridgehead atoms. The molecule has 1 N–H and O–H groups in total. The molecule has 1 aromatic heterocycles. The molecule has 0 amide bonds. The summed E-state index contributed by atoms with van der Waals surface area (Å²) in [5, 5.41) is 6.71. The molecule has 0 saturated carbocycles. The van der Waals surface area contributed by atoms with Crippen molar-refractivity contribution in [3.8, 4) is 28.6 Å². The first-order valence-corrected chi connectivity index (χ1v) is 9.79. The quantitative estimate of drug-likeness (QED) is 0.507. The third kappa shape index (κ3) is 3.94. The fourth-order valence-corrected chi connectivity index (χ4v) is 3.54. The maximum atomic E-state index is 8.89. The van der Waals surface area contributed by atoms with Gasteiger partial charge in [0.15, 0.2) is 0 Å². The van der Waals surface area contributed by atoms with Crippen LogP contribution in [0.4, 0.5) is 5.69 Å². The van der Waals surface area contributed by atoms with Crippen LogP contribution in [0.3, 0.4) is 0 Å². The third-order valence-electron chi connectivity index (χ3n) is 4.82. The molecule has 30 heavy (non-hydrogen) atoms. The van der Waals surface area contributed by atoms with Crippen LogP contribution < -0.4 is 10.1 Å². The van der Waals surface area contributed by atoms with E-state index < -0.39 is 18.9 Å². The maximum absolute atomic E-state index is 8.89. The summed E-state index contributed by atoms with van der Waals surface area (Å²) < 4.78 is 51.8. The molecule has 0 fully saturated rings. The molecule has 0 unspecified atom stereocenters. The van der Waals surface area contributed by atoms with Crippen molar-refractivity contribution in [3.05, 3.63) is 58.9 Å². The Bertz CT molecular complexity index is 1300. The zero-order valence-electron chi connectivity index (χ0n) is 22.1. The topological polar surface area (TPSA) is 64.5 Å². The van der Waals surface area contributed by atoms with E-state index in [1.54, 1.807) is 30.3 Å². The molecule has 3 aromatic rings. The van der Waals surface area contributed by atoms with E-state index in [4.69, 9.17) is 22.7 Å². The molecule has 2 aromatic carbocycles. The van der Waals surface area contributed by atoms with Crippen LogP contribution in [0, 0.1) is 6.57 Å². The van der Waals surface area contributed by atoms with Gasteiger partial charge in [0.25, 0.3) is 5.89 Å². The molecule has 1 atom stereocenters. The second-order valence-electron chi connectivity index (χ2n) is 7.19. The Hall–Kier alpha value is -3.17. The molecular formula is C24H26N4O2. The van der Waals surface area contributed by atoms with Crippen LogP contribution in [0.1, 0.15) is 57.6 Å². The normalized spacial score (nSPS) is 21.1. The molecular weight excluding hydrogens is 376 g/mol. The van der Waals surface area contributed by atoms with Crippen LogP contribution in [0.2, 0.25) is 0 Å². The molecule has 1 aliphatic carbocycles. The van der Waals surface area contributed by atoms with Gasteiger partial charge in [-0.25, -0.2) is 4.85 Å². The number of hydrogen-bond donors (Lipinski definition) is 1. The second-order valence-corrected chi connectivity index (χ2v) is 7.19. The lowest BCUT2D eigenvalue weighted by Gasteiger charge is -2.13. The Kier molecular flexibility index (Phi) is 4.27. The van der Waals surface area contributed by atoms with Crippen molar-refractivity contribution >= 4 is 5.69 Å².